The Bertz CT molecular complexity index is 1240. The number of aromatic nitrogens is 1. The normalized spacial score (nSPS) is 15.2. The van der Waals surface area contributed by atoms with Gasteiger partial charge in [-0.05, 0) is 47.5 Å². The standard InChI is InChI=1S/C28H31N3OS/c1-3-21-9-6-10-22-24(19-29-28(21)22)23(26-12-7-17-33-26)18-27(32)31-15-13-30(14-16-31)25-11-5-4-8-20(25)2/h4-12,17,19,23,29H,3,13-16,18H2,1-2H3. The molecule has 2 aromatic heterocycles. The fourth-order valence-corrected chi connectivity index (χ4v) is 5.94. The second-order valence-corrected chi connectivity index (χ2v) is 9.84. The summed E-state index contributed by atoms with van der Waals surface area (Å²) in [7, 11) is 0. The molecule has 4 nitrogen and oxygen atoms in total. The Balaban J connectivity index is 1.35. The third-order valence-electron chi connectivity index (χ3n) is 6.94. The van der Waals surface area contributed by atoms with Crippen LogP contribution in [-0.2, 0) is 11.2 Å². The van der Waals surface area contributed by atoms with Crippen LogP contribution in [0.4, 0.5) is 5.69 Å². The monoisotopic (exact) mass is 457 g/mol. The first-order valence-corrected chi connectivity index (χ1v) is 12.7. The molecule has 0 spiro atoms. The van der Waals surface area contributed by atoms with E-state index < -0.39 is 0 Å². The summed E-state index contributed by atoms with van der Waals surface area (Å²) >= 11 is 1.74. The molecular weight excluding hydrogens is 426 g/mol. The summed E-state index contributed by atoms with van der Waals surface area (Å²) in [6, 6.07) is 19.3. The van der Waals surface area contributed by atoms with Crippen molar-refractivity contribution in [3.63, 3.8) is 0 Å². The lowest BCUT2D eigenvalue weighted by molar-refractivity contribution is -0.131. The zero-order chi connectivity index (χ0) is 22.8. The Morgan fingerprint density at radius 2 is 1.85 bits per heavy atom. The average Bonchev–Trinajstić information content (AvgIpc) is 3.53. The van der Waals surface area contributed by atoms with E-state index in [4.69, 9.17) is 0 Å². The molecule has 5 heteroatoms. The molecule has 1 fully saturated rings. The van der Waals surface area contributed by atoms with Crippen LogP contribution in [-0.4, -0.2) is 42.0 Å². The topological polar surface area (TPSA) is 39.3 Å². The molecule has 1 N–H and O–H groups in total. The van der Waals surface area contributed by atoms with Gasteiger partial charge in [-0.3, -0.25) is 4.79 Å². The minimum atomic E-state index is 0.0766. The molecule has 0 bridgehead atoms. The van der Waals surface area contributed by atoms with Crippen LogP contribution in [0, 0.1) is 6.92 Å². The Morgan fingerprint density at radius 1 is 1.03 bits per heavy atom. The third kappa shape index (κ3) is 4.30. The molecule has 1 atom stereocenters. The van der Waals surface area contributed by atoms with E-state index in [2.05, 4.69) is 94.8 Å². The van der Waals surface area contributed by atoms with Crippen LogP contribution in [0.1, 0.15) is 40.8 Å². The van der Waals surface area contributed by atoms with Crippen molar-refractivity contribution in [1.29, 1.82) is 0 Å². The number of rotatable bonds is 6. The van der Waals surface area contributed by atoms with Crippen molar-refractivity contribution in [1.82, 2.24) is 9.88 Å². The zero-order valence-electron chi connectivity index (χ0n) is 19.4. The number of carbonyl (C=O) groups excluding carboxylic acids is 1. The average molecular weight is 458 g/mol. The summed E-state index contributed by atoms with van der Waals surface area (Å²) in [4.78, 5) is 22.7. The van der Waals surface area contributed by atoms with Gasteiger partial charge < -0.3 is 14.8 Å². The molecule has 1 unspecified atom stereocenters. The number of para-hydroxylation sites is 2. The quantitative estimate of drug-likeness (QED) is 0.387. The summed E-state index contributed by atoms with van der Waals surface area (Å²) in [5.41, 5.74) is 6.33. The van der Waals surface area contributed by atoms with Crippen LogP contribution >= 0.6 is 11.3 Å². The Morgan fingerprint density at radius 3 is 2.58 bits per heavy atom. The largest absolute Gasteiger partial charge is 0.368 e. The number of benzene rings is 2. The number of aryl methyl sites for hydroxylation is 2. The number of anilines is 1. The van der Waals surface area contributed by atoms with E-state index in [1.807, 2.05) is 0 Å². The van der Waals surface area contributed by atoms with E-state index in [0.717, 1.165) is 32.6 Å². The number of carbonyl (C=O) groups is 1. The van der Waals surface area contributed by atoms with Crippen LogP contribution in [0.15, 0.2) is 66.2 Å². The molecule has 0 aliphatic carbocycles. The molecule has 1 aliphatic rings. The van der Waals surface area contributed by atoms with Crippen molar-refractivity contribution in [2.45, 2.75) is 32.6 Å². The molecule has 0 saturated carbocycles. The number of fused-ring (bicyclic) bond motifs is 1. The smallest absolute Gasteiger partial charge is 0.223 e. The van der Waals surface area contributed by atoms with Crippen LogP contribution in [0.2, 0.25) is 0 Å². The second-order valence-electron chi connectivity index (χ2n) is 8.86. The van der Waals surface area contributed by atoms with E-state index in [0.29, 0.717) is 6.42 Å². The van der Waals surface area contributed by atoms with Gasteiger partial charge >= 0.3 is 0 Å². The van der Waals surface area contributed by atoms with Gasteiger partial charge in [0.25, 0.3) is 0 Å². The Labute approximate surface area is 199 Å². The van der Waals surface area contributed by atoms with Crippen molar-refractivity contribution in [2.75, 3.05) is 31.1 Å². The van der Waals surface area contributed by atoms with Gasteiger partial charge in [0, 0.05) is 66.2 Å². The van der Waals surface area contributed by atoms with Crippen molar-refractivity contribution in [3.05, 3.63) is 87.7 Å². The van der Waals surface area contributed by atoms with Gasteiger partial charge in [-0.25, -0.2) is 0 Å². The summed E-state index contributed by atoms with van der Waals surface area (Å²) in [5.74, 6) is 0.326. The number of amides is 1. The SMILES string of the molecule is CCc1cccc2c(C(CC(=O)N3CCN(c4ccccc4C)CC3)c3cccs3)c[nH]c12. The van der Waals surface area contributed by atoms with Crippen LogP contribution in [0.25, 0.3) is 10.9 Å². The number of piperazine rings is 1. The lowest BCUT2D eigenvalue weighted by Crippen LogP contribution is -2.49. The number of nitrogens with one attached hydrogen (secondary N) is 1. The molecule has 5 rings (SSSR count). The summed E-state index contributed by atoms with van der Waals surface area (Å²) in [6.45, 7) is 7.66. The molecule has 4 aromatic rings. The number of hydrogen-bond donors (Lipinski definition) is 1. The highest BCUT2D eigenvalue weighted by molar-refractivity contribution is 7.10. The summed E-state index contributed by atoms with van der Waals surface area (Å²) < 4.78 is 0. The lowest BCUT2D eigenvalue weighted by Gasteiger charge is -2.37. The second kappa shape index (κ2) is 9.44. The van der Waals surface area contributed by atoms with E-state index in [1.54, 1.807) is 11.3 Å². The maximum absolute atomic E-state index is 13.5. The van der Waals surface area contributed by atoms with Crippen LogP contribution in [0.3, 0.4) is 0 Å². The summed E-state index contributed by atoms with van der Waals surface area (Å²) in [5, 5.41) is 3.35. The van der Waals surface area contributed by atoms with E-state index in [-0.39, 0.29) is 11.8 Å². The molecule has 2 aromatic carbocycles. The molecule has 1 amide bonds. The van der Waals surface area contributed by atoms with E-state index >= 15 is 0 Å². The maximum Gasteiger partial charge on any atom is 0.223 e. The molecule has 33 heavy (non-hydrogen) atoms. The maximum atomic E-state index is 13.5. The highest BCUT2D eigenvalue weighted by atomic mass is 32.1. The van der Waals surface area contributed by atoms with Gasteiger partial charge in [0.2, 0.25) is 5.91 Å². The number of nitrogens with zero attached hydrogens (tertiary/aromatic N) is 2. The Kier molecular flexibility index (Phi) is 6.23. The first-order chi connectivity index (χ1) is 16.2. The number of aromatic amines is 1. The van der Waals surface area contributed by atoms with Crippen molar-refractivity contribution in [2.24, 2.45) is 0 Å². The predicted octanol–water partition coefficient (Wildman–Crippen LogP) is 5.97. The summed E-state index contributed by atoms with van der Waals surface area (Å²) in [6.07, 6.45) is 3.62. The molecule has 3 heterocycles. The lowest BCUT2D eigenvalue weighted by atomic mass is 9.92. The molecular formula is C28H31N3OS. The third-order valence-corrected chi connectivity index (χ3v) is 7.93. The van der Waals surface area contributed by atoms with Gasteiger partial charge in [0.05, 0.1) is 0 Å². The fourth-order valence-electron chi connectivity index (χ4n) is 5.09. The molecule has 1 saturated heterocycles. The van der Waals surface area contributed by atoms with E-state index in [1.165, 1.54) is 38.2 Å². The van der Waals surface area contributed by atoms with Crippen molar-refractivity contribution < 1.29 is 4.79 Å². The number of H-pyrrole nitrogens is 1. The molecule has 0 radical (unpaired) electrons. The predicted molar refractivity (Wildman–Crippen MR) is 138 cm³/mol. The Hall–Kier alpha value is -3.05. The van der Waals surface area contributed by atoms with Gasteiger partial charge in [-0.1, -0.05) is 49.4 Å². The number of hydrogen-bond acceptors (Lipinski definition) is 3. The van der Waals surface area contributed by atoms with Gasteiger partial charge in [0.1, 0.15) is 0 Å². The van der Waals surface area contributed by atoms with Crippen molar-refractivity contribution in [3.8, 4) is 0 Å². The van der Waals surface area contributed by atoms with Crippen molar-refractivity contribution >= 4 is 33.8 Å². The van der Waals surface area contributed by atoms with Gasteiger partial charge in [0.15, 0.2) is 0 Å². The first kappa shape index (κ1) is 21.8. The van der Waals surface area contributed by atoms with Gasteiger partial charge in [-0.15, -0.1) is 11.3 Å². The minimum absolute atomic E-state index is 0.0766. The number of thiophene rings is 1. The molecule has 170 valence electrons. The first-order valence-electron chi connectivity index (χ1n) is 11.9. The zero-order valence-corrected chi connectivity index (χ0v) is 20.2. The highest BCUT2D eigenvalue weighted by Gasteiger charge is 2.27. The fraction of sp³-hybridized carbons (Fsp3) is 0.321. The molecule has 1 aliphatic heterocycles. The van der Waals surface area contributed by atoms with Gasteiger partial charge in [-0.2, -0.15) is 0 Å². The van der Waals surface area contributed by atoms with E-state index in [9.17, 15) is 4.79 Å². The van der Waals surface area contributed by atoms with Crippen LogP contribution in [0.5, 0.6) is 0 Å². The van der Waals surface area contributed by atoms with Crippen LogP contribution < -0.4 is 4.90 Å². The minimum Gasteiger partial charge on any atom is -0.368 e. The highest BCUT2D eigenvalue weighted by Crippen LogP contribution is 2.37.